The topological polar surface area (TPSA) is 43.7 Å². The second-order valence-corrected chi connectivity index (χ2v) is 5.53. The SMILES string of the molecule is CC(O)CC1CCCN1CC(O)c1c(F)cccc1F. The van der Waals surface area contributed by atoms with Gasteiger partial charge >= 0.3 is 0 Å². The lowest BCUT2D eigenvalue weighted by Crippen LogP contribution is -2.35. The minimum absolute atomic E-state index is 0.166. The number of aliphatic hydroxyl groups is 2. The van der Waals surface area contributed by atoms with Gasteiger partial charge in [0.1, 0.15) is 11.6 Å². The average Bonchev–Trinajstić information content (AvgIpc) is 2.75. The quantitative estimate of drug-likeness (QED) is 0.872. The first-order valence-corrected chi connectivity index (χ1v) is 7.03. The van der Waals surface area contributed by atoms with Crippen molar-refractivity contribution in [2.45, 2.75) is 44.4 Å². The molecule has 1 heterocycles. The maximum atomic E-state index is 13.6. The molecule has 3 nitrogen and oxygen atoms in total. The summed E-state index contributed by atoms with van der Waals surface area (Å²) < 4.78 is 27.2. The first-order valence-electron chi connectivity index (χ1n) is 7.03. The highest BCUT2D eigenvalue weighted by atomic mass is 19.1. The molecule has 0 aliphatic carbocycles. The summed E-state index contributed by atoms with van der Waals surface area (Å²) in [5.41, 5.74) is -0.268. The van der Waals surface area contributed by atoms with Crippen LogP contribution in [0.2, 0.25) is 0 Å². The number of halogens is 2. The van der Waals surface area contributed by atoms with E-state index in [9.17, 15) is 19.0 Å². The predicted molar refractivity (Wildman–Crippen MR) is 72.2 cm³/mol. The van der Waals surface area contributed by atoms with Crippen molar-refractivity contribution in [2.75, 3.05) is 13.1 Å². The van der Waals surface area contributed by atoms with Crippen molar-refractivity contribution in [3.8, 4) is 0 Å². The monoisotopic (exact) mass is 285 g/mol. The van der Waals surface area contributed by atoms with Gasteiger partial charge in [-0.1, -0.05) is 6.07 Å². The van der Waals surface area contributed by atoms with Crippen molar-refractivity contribution in [1.29, 1.82) is 0 Å². The van der Waals surface area contributed by atoms with E-state index in [2.05, 4.69) is 0 Å². The standard InChI is InChI=1S/C15H21F2NO2/c1-10(19)8-11-4-3-7-18(11)9-14(20)15-12(16)5-2-6-13(15)17/h2,5-6,10-11,14,19-20H,3-4,7-9H2,1H3. The van der Waals surface area contributed by atoms with Gasteiger partial charge in [-0.05, 0) is 44.9 Å². The summed E-state index contributed by atoms with van der Waals surface area (Å²) in [5, 5.41) is 19.6. The lowest BCUT2D eigenvalue weighted by molar-refractivity contribution is 0.0795. The number of hydrogen-bond donors (Lipinski definition) is 2. The molecule has 112 valence electrons. The Kier molecular flexibility index (Phi) is 5.07. The summed E-state index contributed by atoms with van der Waals surface area (Å²) in [6.45, 7) is 2.70. The van der Waals surface area contributed by atoms with Crippen molar-refractivity contribution in [3.05, 3.63) is 35.4 Å². The van der Waals surface area contributed by atoms with Gasteiger partial charge in [-0.15, -0.1) is 0 Å². The molecule has 2 N–H and O–H groups in total. The molecular formula is C15H21F2NO2. The zero-order valence-electron chi connectivity index (χ0n) is 11.6. The molecule has 0 bridgehead atoms. The van der Waals surface area contributed by atoms with Crippen LogP contribution in [0.15, 0.2) is 18.2 Å². The molecule has 20 heavy (non-hydrogen) atoms. The fourth-order valence-corrected chi connectivity index (χ4v) is 2.94. The fourth-order valence-electron chi connectivity index (χ4n) is 2.94. The second kappa shape index (κ2) is 6.61. The Hall–Kier alpha value is -1.04. The van der Waals surface area contributed by atoms with E-state index in [0.29, 0.717) is 6.42 Å². The van der Waals surface area contributed by atoms with Crippen LogP contribution >= 0.6 is 0 Å². The minimum atomic E-state index is -1.19. The normalized spacial score (nSPS) is 22.9. The van der Waals surface area contributed by atoms with Crippen LogP contribution in [0.1, 0.15) is 37.9 Å². The Bertz CT molecular complexity index is 433. The van der Waals surface area contributed by atoms with Gasteiger partial charge in [0.05, 0.1) is 17.8 Å². The fraction of sp³-hybridized carbons (Fsp3) is 0.600. The molecule has 3 unspecified atom stereocenters. The first-order chi connectivity index (χ1) is 9.49. The van der Waals surface area contributed by atoms with Crippen molar-refractivity contribution in [3.63, 3.8) is 0 Å². The Morgan fingerprint density at radius 3 is 2.55 bits per heavy atom. The lowest BCUT2D eigenvalue weighted by atomic mass is 10.1. The summed E-state index contributed by atoms with van der Waals surface area (Å²) in [7, 11) is 0. The number of rotatable bonds is 5. The molecule has 1 saturated heterocycles. The van der Waals surface area contributed by atoms with E-state index in [1.165, 1.54) is 6.07 Å². The molecule has 0 radical (unpaired) electrons. The Morgan fingerprint density at radius 2 is 1.95 bits per heavy atom. The summed E-state index contributed by atoms with van der Waals surface area (Å²) in [4.78, 5) is 2.00. The molecule has 2 rings (SSSR count). The summed E-state index contributed by atoms with van der Waals surface area (Å²) in [5.74, 6) is -1.44. The zero-order chi connectivity index (χ0) is 14.7. The Balaban J connectivity index is 2.05. The molecule has 1 aliphatic heterocycles. The summed E-state index contributed by atoms with van der Waals surface area (Å²) in [6, 6.07) is 3.75. The molecule has 0 saturated carbocycles. The van der Waals surface area contributed by atoms with Crippen molar-refractivity contribution < 1.29 is 19.0 Å². The minimum Gasteiger partial charge on any atom is -0.393 e. The summed E-state index contributed by atoms with van der Waals surface area (Å²) in [6.07, 6.45) is 0.932. The molecule has 1 aromatic rings. The van der Waals surface area contributed by atoms with Gasteiger partial charge in [-0.3, -0.25) is 4.90 Å². The van der Waals surface area contributed by atoms with Crippen LogP contribution in [0.4, 0.5) is 8.78 Å². The van der Waals surface area contributed by atoms with Crippen LogP contribution in [-0.2, 0) is 0 Å². The average molecular weight is 285 g/mol. The highest BCUT2D eigenvalue weighted by Gasteiger charge is 2.29. The van der Waals surface area contributed by atoms with Crippen LogP contribution in [0.25, 0.3) is 0 Å². The van der Waals surface area contributed by atoms with Crippen LogP contribution in [0.3, 0.4) is 0 Å². The molecule has 1 aliphatic rings. The number of β-amino-alcohol motifs (C(OH)–C–C–N with tert-alkyl or cyclic N) is 1. The van der Waals surface area contributed by atoms with Crippen LogP contribution in [0.5, 0.6) is 0 Å². The van der Waals surface area contributed by atoms with Gasteiger partial charge in [0, 0.05) is 12.6 Å². The molecule has 0 amide bonds. The number of benzene rings is 1. The van der Waals surface area contributed by atoms with E-state index < -0.39 is 23.8 Å². The Labute approximate surface area is 117 Å². The van der Waals surface area contributed by atoms with Crippen LogP contribution in [-0.4, -0.2) is 40.3 Å². The highest BCUT2D eigenvalue weighted by molar-refractivity contribution is 5.22. The van der Waals surface area contributed by atoms with Crippen molar-refractivity contribution in [2.24, 2.45) is 0 Å². The van der Waals surface area contributed by atoms with Gasteiger partial charge < -0.3 is 10.2 Å². The van der Waals surface area contributed by atoms with Crippen LogP contribution < -0.4 is 0 Å². The molecule has 1 aromatic carbocycles. The maximum Gasteiger partial charge on any atom is 0.131 e. The van der Waals surface area contributed by atoms with Gasteiger partial charge in [-0.25, -0.2) is 8.78 Å². The molecular weight excluding hydrogens is 264 g/mol. The Morgan fingerprint density at radius 1 is 1.30 bits per heavy atom. The molecule has 3 atom stereocenters. The third-order valence-corrected chi connectivity index (χ3v) is 3.85. The van der Waals surface area contributed by atoms with Crippen molar-refractivity contribution >= 4 is 0 Å². The van der Waals surface area contributed by atoms with Gasteiger partial charge in [0.15, 0.2) is 0 Å². The number of likely N-dealkylation sites (tertiary alicyclic amines) is 1. The maximum absolute atomic E-state index is 13.6. The van der Waals surface area contributed by atoms with Gasteiger partial charge in [-0.2, -0.15) is 0 Å². The van der Waals surface area contributed by atoms with Crippen LogP contribution in [0, 0.1) is 11.6 Å². The third-order valence-electron chi connectivity index (χ3n) is 3.85. The number of aliphatic hydroxyl groups excluding tert-OH is 2. The first kappa shape index (κ1) is 15.4. The van der Waals surface area contributed by atoms with E-state index in [1.807, 2.05) is 4.90 Å². The van der Waals surface area contributed by atoms with Gasteiger partial charge in [0.2, 0.25) is 0 Å². The van der Waals surface area contributed by atoms with E-state index in [4.69, 9.17) is 0 Å². The molecule has 1 fully saturated rings. The van der Waals surface area contributed by atoms with E-state index in [0.717, 1.165) is 31.5 Å². The second-order valence-electron chi connectivity index (χ2n) is 5.53. The largest absolute Gasteiger partial charge is 0.393 e. The smallest absolute Gasteiger partial charge is 0.131 e. The molecule has 0 spiro atoms. The summed E-state index contributed by atoms with van der Waals surface area (Å²) >= 11 is 0. The van der Waals surface area contributed by atoms with E-state index in [-0.39, 0.29) is 18.2 Å². The molecule has 0 aromatic heterocycles. The number of nitrogens with zero attached hydrogens (tertiary/aromatic N) is 1. The lowest BCUT2D eigenvalue weighted by Gasteiger charge is -2.28. The molecule has 5 heteroatoms. The third kappa shape index (κ3) is 3.53. The number of hydrogen-bond acceptors (Lipinski definition) is 3. The van der Waals surface area contributed by atoms with E-state index in [1.54, 1.807) is 6.92 Å². The van der Waals surface area contributed by atoms with E-state index >= 15 is 0 Å². The van der Waals surface area contributed by atoms with Gasteiger partial charge in [0.25, 0.3) is 0 Å². The van der Waals surface area contributed by atoms with Crippen molar-refractivity contribution in [1.82, 2.24) is 4.90 Å². The highest BCUT2D eigenvalue weighted by Crippen LogP contribution is 2.27. The predicted octanol–water partition coefficient (Wildman–Crippen LogP) is 2.23. The zero-order valence-corrected chi connectivity index (χ0v) is 11.6.